The molecule has 0 saturated carbocycles. The van der Waals surface area contributed by atoms with Crippen LogP contribution in [0.2, 0.25) is 0 Å². The summed E-state index contributed by atoms with van der Waals surface area (Å²) in [4.78, 5) is 15.3. The first kappa shape index (κ1) is 15.3. The Bertz CT molecular complexity index is 209. The van der Waals surface area contributed by atoms with Gasteiger partial charge in [0.1, 0.15) is 0 Å². The Kier molecular flexibility index (Phi) is 10.4. The first-order valence-electron chi connectivity index (χ1n) is 6.77. The molecule has 0 aliphatic carbocycles. The van der Waals surface area contributed by atoms with E-state index in [9.17, 15) is 4.79 Å². The van der Waals surface area contributed by atoms with Gasteiger partial charge in [-0.05, 0) is 26.2 Å². The molecule has 0 atom stereocenters. The van der Waals surface area contributed by atoms with Crippen molar-refractivity contribution in [3.63, 3.8) is 0 Å². The van der Waals surface area contributed by atoms with E-state index in [-0.39, 0.29) is 5.91 Å². The van der Waals surface area contributed by atoms with Crippen molar-refractivity contribution in [3.8, 4) is 0 Å². The van der Waals surface area contributed by atoms with Gasteiger partial charge in [0.15, 0.2) is 0 Å². The standard InChI is InChI=1S/C14H27NO/c1-4-6-7-8-9-10-12-13(3)15-14(16)11-5-2/h4-12H2,1-3H3. The molecule has 0 spiro atoms. The molecule has 0 aromatic carbocycles. The summed E-state index contributed by atoms with van der Waals surface area (Å²) in [5, 5.41) is 0. The third-order valence-electron chi connectivity index (χ3n) is 2.67. The van der Waals surface area contributed by atoms with Crippen LogP contribution in [0, 0.1) is 0 Å². The fourth-order valence-electron chi connectivity index (χ4n) is 1.70. The summed E-state index contributed by atoms with van der Waals surface area (Å²) in [5.74, 6) is 0.0472. The van der Waals surface area contributed by atoms with Crippen molar-refractivity contribution in [1.29, 1.82) is 0 Å². The van der Waals surface area contributed by atoms with Crippen LogP contribution in [-0.2, 0) is 4.79 Å². The van der Waals surface area contributed by atoms with Crippen LogP contribution in [0.3, 0.4) is 0 Å². The van der Waals surface area contributed by atoms with Gasteiger partial charge in [-0.1, -0.05) is 46.0 Å². The summed E-state index contributed by atoms with van der Waals surface area (Å²) in [6.45, 7) is 6.21. The zero-order chi connectivity index (χ0) is 12.2. The highest BCUT2D eigenvalue weighted by molar-refractivity contribution is 5.94. The van der Waals surface area contributed by atoms with Gasteiger partial charge >= 0.3 is 0 Å². The molecule has 0 aliphatic heterocycles. The SMILES string of the molecule is CCCCCCCCC(C)=NC(=O)CCC. The number of hydrogen-bond donors (Lipinski definition) is 0. The van der Waals surface area contributed by atoms with E-state index in [1.54, 1.807) is 0 Å². The molecule has 0 heterocycles. The molecule has 0 N–H and O–H groups in total. The predicted molar refractivity (Wildman–Crippen MR) is 71.0 cm³/mol. The van der Waals surface area contributed by atoms with E-state index in [2.05, 4.69) is 11.9 Å². The van der Waals surface area contributed by atoms with E-state index in [1.165, 1.54) is 38.5 Å². The number of rotatable bonds is 9. The summed E-state index contributed by atoms with van der Waals surface area (Å²) in [5.41, 5.74) is 1.01. The van der Waals surface area contributed by atoms with Gasteiger partial charge in [0, 0.05) is 12.1 Å². The molecular formula is C14H27NO. The van der Waals surface area contributed by atoms with Gasteiger partial charge in [-0.15, -0.1) is 0 Å². The van der Waals surface area contributed by atoms with E-state index >= 15 is 0 Å². The molecule has 0 aromatic heterocycles. The van der Waals surface area contributed by atoms with Crippen molar-refractivity contribution >= 4 is 11.6 Å². The second kappa shape index (κ2) is 10.8. The molecule has 1 amide bonds. The quantitative estimate of drug-likeness (QED) is 0.419. The lowest BCUT2D eigenvalue weighted by atomic mass is 10.1. The Balaban J connectivity index is 3.49. The second-order valence-corrected chi connectivity index (χ2v) is 4.51. The Morgan fingerprint density at radius 1 is 0.875 bits per heavy atom. The second-order valence-electron chi connectivity index (χ2n) is 4.51. The van der Waals surface area contributed by atoms with Crippen molar-refractivity contribution in [3.05, 3.63) is 0 Å². The van der Waals surface area contributed by atoms with Crippen LogP contribution in [0.15, 0.2) is 4.99 Å². The molecule has 2 heteroatoms. The number of carbonyl (C=O) groups is 1. The average Bonchev–Trinajstić information content (AvgIpc) is 2.23. The fourth-order valence-corrected chi connectivity index (χ4v) is 1.70. The van der Waals surface area contributed by atoms with Gasteiger partial charge in [-0.25, -0.2) is 4.99 Å². The molecule has 0 fully saturated rings. The van der Waals surface area contributed by atoms with Crippen LogP contribution in [0.25, 0.3) is 0 Å². The van der Waals surface area contributed by atoms with E-state index in [0.29, 0.717) is 6.42 Å². The summed E-state index contributed by atoms with van der Waals surface area (Å²) in [7, 11) is 0. The number of aliphatic imine (C=N–C) groups is 1. The number of nitrogens with zero attached hydrogens (tertiary/aromatic N) is 1. The van der Waals surface area contributed by atoms with E-state index in [4.69, 9.17) is 0 Å². The predicted octanol–water partition coefficient (Wildman–Crippen LogP) is 4.52. The van der Waals surface area contributed by atoms with E-state index in [0.717, 1.165) is 18.6 Å². The maximum atomic E-state index is 11.2. The van der Waals surface area contributed by atoms with Crippen LogP contribution in [0.4, 0.5) is 0 Å². The van der Waals surface area contributed by atoms with Crippen LogP contribution in [-0.4, -0.2) is 11.6 Å². The van der Waals surface area contributed by atoms with Crippen molar-refractivity contribution in [1.82, 2.24) is 0 Å². The normalized spacial score (nSPS) is 11.8. The number of hydrogen-bond acceptors (Lipinski definition) is 1. The van der Waals surface area contributed by atoms with E-state index in [1.807, 2.05) is 13.8 Å². The summed E-state index contributed by atoms with van der Waals surface area (Å²) in [6.07, 6.45) is 10.2. The van der Waals surface area contributed by atoms with Gasteiger partial charge < -0.3 is 0 Å². The zero-order valence-electron chi connectivity index (χ0n) is 11.2. The summed E-state index contributed by atoms with van der Waals surface area (Å²) >= 11 is 0. The molecule has 0 bridgehead atoms. The minimum Gasteiger partial charge on any atom is -0.273 e. The van der Waals surface area contributed by atoms with Crippen molar-refractivity contribution in [2.24, 2.45) is 4.99 Å². The molecule has 0 aromatic rings. The minimum atomic E-state index is 0.0472. The minimum absolute atomic E-state index is 0.0472. The highest BCUT2D eigenvalue weighted by Gasteiger charge is 1.98. The molecule has 16 heavy (non-hydrogen) atoms. The third kappa shape index (κ3) is 9.88. The van der Waals surface area contributed by atoms with Gasteiger partial charge in [0.25, 0.3) is 0 Å². The lowest BCUT2D eigenvalue weighted by Crippen LogP contribution is -1.99. The Hall–Kier alpha value is -0.660. The van der Waals surface area contributed by atoms with Crippen LogP contribution >= 0.6 is 0 Å². The van der Waals surface area contributed by atoms with Gasteiger partial charge in [-0.3, -0.25) is 4.79 Å². The molecule has 0 rings (SSSR count). The number of amides is 1. The topological polar surface area (TPSA) is 29.4 Å². The van der Waals surface area contributed by atoms with Gasteiger partial charge in [-0.2, -0.15) is 0 Å². The Morgan fingerprint density at radius 3 is 2.12 bits per heavy atom. The molecule has 0 saturated heterocycles. The molecule has 2 nitrogen and oxygen atoms in total. The fraction of sp³-hybridized carbons (Fsp3) is 0.857. The average molecular weight is 225 g/mol. The van der Waals surface area contributed by atoms with Crippen LogP contribution in [0.5, 0.6) is 0 Å². The highest BCUT2D eigenvalue weighted by Crippen LogP contribution is 2.07. The number of unbranched alkanes of at least 4 members (excludes halogenated alkanes) is 5. The maximum absolute atomic E-state index is 11.2. The van der Waals surface area contributed by atoms with Crippen molar-refractivity contribution in [2.45, 2.75) is 78.6 Å². The third-order valence-corrected chi connectivity index (χ3v) is 2.67. The summed E-state index contributed by atoms with van der Waals surface area (Å²) in [6, 6.07) is 0. The molecule has 0 radical (unpaired) electrons. The number of carbonyl (C=O) groups excluding carboxylic acids is 1. The van der Waals surface area contributed by atoms with Crippen LogP contribution < -0.4 is 0 Å². The monoisotopic (exact) mass is 225 g/mol. The molecule has 94 valence electrons. The molecule has 0 aliphatic rings. The highest BCUT2D eigenvalue weighted by atomic mass is 16.1. The van der Waals surface area contributed by atoms with Crippen molar-refractivity contribution < 1.29 is 4.79 Å². The zero-order valence-corrected chi connectivity index (χ0v) is 11.2. The Labute approximate surface area is 101 Å². The first-order chi connectivity index (χ1) is 7.70. The first-order valence-corrected chi connectivity index (χ1v) is 6.77. The lowest BCUT2D eigenvalue weighted by Gasteiger charge is -2.01. The molecule has 0 unspecified atom stereocenters. The Morgan fingerprint density at radius 2 is 1.50 bits per heavy atom. The maximum Gasteiger partial charge on any atom is 0.245 e. The molecular weight excluding hydrogens is 198 g/mol. The lowest BCUT2D eigenvalue weighted by molar-refractivity contribution is -0.117. The smallest absolute Gasteiger partial charge is 0.245 e. The van der Waals surface area contributed by atoms with Crippen molar-refractivity contribution in [2.75, 3.05) is 0 Å². The summed E-state index contributed by atoms with van der Waals surface area (Å²) < 4.78 is 0. The van der Waals surface area contributed by atoms with E-state index < -0.39 is 0 Å². The van der Waals surface area contributed by atoms with Crippen LogP contribution in [0.1, 0.15) is 78.6 Å². The van der Waals surface area contributed by atoms with Gasteiger partial charge in [0.2, 0.25) is 5.91 Å². The largest absolute Gasteiger partial charge is 0.273 e. The van der Waals surface area contributed by atoms with Gasteiger partial charge in [0.05, 0.1) is 0 Å².